The van der Waals surface area contributed by atoms with Gasteiger partial charge in [-0.05, 0) is 30.4 Å². The molecule has 2 fully saturated rings. The Balaban J connectivity index is 2.00. The lowest BCUT2D eigenvalue weighted by molar-refractivity contribution is -0.129. The van der Waals surface area contributed by atoms with Crippen LogP contribution in [0.2, 0.25) is 0 Å². The largest absolute Gasteiger partial charge is 0.331 e. The molecule has 0 radical (unpaired) electrons. The molecule has 1 aliphatic carbocycles. The summed E-state index contributed by atoms with van der Waals surface area (Å²) in [6, 6.07) is 8.89. The number of amides is 1. The first kappa shape index (κ1) is 11.7. The summed E-state index contributed by atoms with van der Waals surface area (Å²) in [4.78, 5) is 14.2. The molecular weight excluding hydrogens is 224 g/mol. The number of hydrogen-bond donors (Lipinski definition) is 1. The van der Waals surface area contributed by atoms with E-state index in [1.807, 2.05) is 0 Å². The van der Waals surface area contributed by atoms with Crippen molar-refractivity contribution < 1.29 is 4.79 Å². The van der Waals surface area contributed by atoms with E-state index < -0.39 is 0 Å². The Hall–Kier alpha value is -1.35. The topological polar surface area (TPSA) is 46.3 Å². The third kappa shape index (κ3) is 1.83. The summed E-state index contributed by atoms with van der Waals surface area (Å²) in [7, 11) is 0. The molecule has 0 bridgehead atoms. The van der Waals surface area contributed by atoms with Crippen LogP contribution in [0.5, 0.6) is 0 Å². The summed E-state index contributed by atoms with van der Waals surface area (Å²) >= 11 is 0. The number of carbonyl (C=O) groups excluding carboxylic acids is 1. The van der Waals surface area contributed by atoms with E-state index in [0.717, 1.165) is 19.3 Å². The van der Waals surface area contributed by atoms with Gasteiger partial charge in [0.1, 0.15) is 0 Å². The second kappa shape index (κ2) is 4.39. The standard InChI is InChI=1S/C15H20N2O/c1-2-10-5-3-4-6-12(10)15-13(16)9-14(18)17(15)11-7-8-11/h3-6,11,13,15H,2,7-9,16H2,1H3. The molecule has 0 spiro atoms. The van der Waals surface area contributed by atoms with Crippen LogP contribution in [-0.4, -0.2) is 22.9 Å². The fourth-order valence-electron chi connectivity index (χ4n) is 3.09. The van der Waals surface area contributed by atoms with Gasteiger partial charge in [0.15, 0.2) is 0 Å². The van der Waals surface area contributed by atoms with Gasteiger partial charge in [-0.2, -0.15) is 0 Å². The molecule has 1 amide bonds. The molecule has 1 aliphatic heterocycles. The van der Waals surface area contributed by atoms with Crippen molar-refractivity contribution in [1.29, 1.82) is 0 Å². The minimum absolute atomic E-state index is 0.0502. The Morgan fingerprint density at radius 2 is 2.06 bits per heavy atom. The highest BCUT2D eigenvalue weighted by Crippen LogP contribution is 2.41. The van der Waals surface area contributed by atoms with Crippen molar-refractivity contribution in [2.24, 2.45) is 5.73 Å². The molecule has 2 unspecified atom stereocenters. The summed E-state index contributed by atoms with van der Waals surface area (Å²) in [5.74, 6) is 0.237. The lowest BCUT2D eigenvalue weighted by Gasteiger charge is -2.29. The highest BCUT2D eigenvalue weighted by molar-refractivity contribution is 5.81. The highest BCUT2D eigenvalue weighted by atomic mass is 16.2. The Labute approximate surface area is 108 Å². The van der Waals surface area contributed by atoms with E-state index in [4.69, 9.17) is 5.73 Å². The van der Waals surface area contributed by atoms with Crippen molar-refractivity contribution in [2.45, 2.75) is 50.7 Å². The van der Waals surface area contributed by atoms with Crippen LogP contribution >= 0.6 is 0 Å². The minimum Gasteiger partial charge on any atom is -0.331 e. The van der Waals surface area contributed by atoms with Crippen molar-refractivity contribution in [3.05, 3.63) is 35.4 Å². The van der Waals surface area contributed by atoms with Crippen LogP contribution in [-0.2, 0) is 11.2 Å². The maximum Gasteiger partial charge on any atom is 0.225 e. The minimum atomic E-state index is -0.0502. The number of benzene rings is 1. The summed E-state index contributed by atoms with van der Waals surface area (Å²) < 4.78 is 0. The predicted molar refractivity (Wildman–Crippen MR) is 71.0 cm³/mol. The van der Waals surface area contributed by atoms with Crippen LogP contribution in [0.1, 0.15) is 43.4 Å². The number of nitrogens with two attached hydrogens (primary N) is 1. The smallest absolute Gasteiger partial charge is 0.225 e. The highest BCUT2D eigenvalue weighted by Gasteiger charge is 2.46. The van der Waals surface area contributed by atoms with Gasteiger partial charge >= 0.3 is 0 Å². The zero-order valence-electron chi connectivity index (χ0n) is 10.8. The van der Waals surface area contributed by atoms with Crippen LogP contribution in [0, 0.1) is 0 Å². The maximum absolute atomic E-state index is 12.1. The van der Waals surface area contributed by atoms with Crippen molar-refractivity contribution >= 4 is 5.91 Å². The zero-order valence-corrected chi connectivity index (χ0v) is 10.8. The van der Waals surface area contributed by atoms with Crippen molar-refractivity contribution in [2.75, 3.05) is 0 Å². The third-order valence-corrected chi connectivity index (χ3v) is 4.10. The van der Waals surface area contributed by atoms with Crippen LogP contribution < -0.4 is 5.73 Å². The normalized spacial score (nSPS) is 27.9. The Morgan fingerprint density at radius 1 is 1.33 bits per heavy atom. The molecule has 0 aromatic heterocycles. The van der Waals surface area contributed by atoms with Gasteiger partial charge in [-0.25, -0.2) is 0 Å². The molecule has 18 heavy (non-hydrogen) atoms. The molecule has 1 saturated carbocycles. The van der Waals surface area contributed by atoms with E-state index in [1.54, 1.807) is 0 Å². The number of hydrogen-bond acceptors (Lipinski definition) is 2. The molecule has 3 heteroatoms. The number of nitrogens with zero attached hydrogens (tertiary/aromatic N) is 1. The van der Waals surface area contributed by atoms with E-state index in [-0.39, 0.29) is 18.0 Å². The van der Waals surface area contributed by atoms with E-state index >= 15 is 0 Å². The Kier molecular flexibility index (Phi) is 2.86. The molecule has 2 N–H and O–H groups in total. The van der Waals surface area contributed by atoms with Gasteiger partial charge in [0.25, 0.3) is 0 Å². The average Bonchev–Trinajstić information content (AvgIpc) is 3.15. The van der Waals surface area contributed by atoms with Crippen molar-refractivity contribution in [3.8, 4) is 0 Å². The number of likely N-dealkylation sites (tertiary alicyclic amines) is 1. The maximum atomic E-state index is 12.1. The first-order chi connectivity index (χ1) is 8.72. The van der Waals surface area contributed by atoms with Crippen LogP contribution in [0.3, 0.4) is 0 Å². The Bertz CT molecular complexity index is 467. The van der Waals surface area contributed by atoms with Gasteiger partial charge in [-0.1, -0.05) is 31.2 Å². The lowest BCUT2D eigenvalue weighted by atomic mass is 9.94. The number of rotatable bonds is 3. The van der Waals surface area contributed by atoms with Gasteiger partial charge in [-0.3, -0.25) is 4.79 Å². The SMILES string of the molecule is CCc1ccccc1C1C(N)CC(=O)N1C1CC1. The molecule has 1 heterocycles. The van der Waals surface area contributed by atoms with Gasteiger partial charge in [0.05, 0.1) is 6.04 Å². The molecule has 2 atom stereocenters. The second-order valence-corrected chi connectivity index (χ2v) is 5.40. The average molecular weight is 244 g/mol. The Morgan fingerprint density at radius 3 is 2.72 bits per heavy atom. The molecular formula is C15H20N2O. The second-order valence-electron chi connectivity index (χ2n) is 5.40. The van der Waals surface area contributed by atoms with E-state index in [2.05, 4.69) is 36.1 Å². The van der Waals surface area contributed by atoms with Crippen LogP contribution in [0.15, 0.2) is 24.3 Å². The number of aryl methyl sites for hydroxylation is 1. The van der Waals surface area contributed by atoms with E-state index in [9.17, 15) is 4.79 Å². The first-order valence-electron chi connectivity index (χ1n) is 6.87. The van der Waals surface area contributed by atoms with Crippen molar-refractivity contribution in [1.82, 2.24) is 4.90 Å². The molecule has 1 aromatic rings. The quantitative estimate of drug-likeness (QED) is 0.884. The summed E-state index contributed by atoms with van der Waals surface area (Å²) in [6.07, 6.45) is 3.78. The van der Waals surface area contributed by atoms with Crippen LogP contribution in [0.4, 0.5) is 0 Å². The summed E-state index contributed by atoms with van der Waals surface area (Å²) in [5, 5.41) is 0. The number of carbonyl (C=O) groups is 1. The van der Waals surface area contributed by atoms with Crippen LogP contribution in [0.25, 0.3) is 0 Å². The van der Waals surface area contributed by atoms with E-state index in [0.29, 0.717) is 12.5 Å². The zero-order chi connectivity index (χ0) is 12.7. The molecule has 3 nitrogen and oxygen atoms in total. The van der Waals surface area contributed by atoms with Crippen molar-refractivity contribution in [3.63, 3.8) is 0 Å². The molecule has 2 aliphatic rings. The monoisotopic (exact) mass is 244 g/mol. The molecule has 1 saturated heterocycles. The molecule has 96 valence electrons. The van der Waals surface area contributed by atoms with Gasteiger partial charge in [0, 0.05) is 18.5 Å². The van der Waals surface area contributed by atoms with E-state index in [1.165, 1.54) is 11.1 Å². The molecule has 1 aromatic carbocycles. The van der Waals surface area contributed by atoms with Gasteiger partial charge in [-0.15, -0.1) is 0 Å². The first-order valence-corrected chi connectivity index (χ1v) is 6.87. The third-order valence-electron chi connectivity index (χ3n) is 4.10. The predicted octanol–water partition coefficient (Wildman–Crippen LogP) is 2.01. The van der Waals surface area contributed by atoms with Gasteiger partial charge < -0.3 is 10.6 Å². The fraction of sp³-hybridized carbons (Fsp3) is 0.533. The van der Waals surface area contributed by atoms with Gasteiger partial charge in [0.2, 0.25) is 5.91 Å². The molecule has 3 rings (SSSR count). The summed E-state index contributed by atoms with van der Waals surface area (Å²) in [6.45, 7) is 2.16. The summed E-state index contributed by atoms with van der Waals surface area (Å²) in [5.41, 5.74) is 8.79. The lowest BCUT2D eigenvalue weighted by Crippen LogP contribution is -2.35. The fourth-order valence-corrected chi connectivity index (χ4v) is 3.09.